The number of aromatic nitrogens is 2. The van der Waals surface area contributed by atoms with Crippen LogP contribution in [0.3, 0.4) is 0 Å². The summed E-state index contributed by atoms with van der Waals surface area (Å²) in [6.45, 7) is 0.326. The maximum atomic E-state index is 13.5. The number of hydrogen-bond donors (Lipinski definition) is 1. The molecule has 1 heterocycles. The summed E-state index contributed by atoms with van der Waals surface area (Å²) >= 11 is 1.20. The number of hydrogen-bond acceptors (Lipinski definition) is 3. The van der Waals surface area contributed by atoms with Crippen molar-refractivity contribution in [3.05, 3.63) is 47.8 Å². The fourth-order valence-electron chi connectivity index (χ4n) is 1.58. The van der Waals surface area contributed by atoms with Crippen LogP contribution in [0, 0.1) is 11.6 Å². The van der Waals surface area contributed by atoms with E-state index in [2.05, 4.69) is 5.10 Å². The maximum absolute atomic E-state index is 13.5. The van der Waals surface area contributed by atoms with Gasteiger partial charge in [-0.25, -0.2) is 8.78 Å². The van der Waals surface area contributed by atoms with E-state index in [1.54, 1.807) is 17.9 Å². The van der Waals surface area contributed by atoms with Crippen LogP contribution in [0.5, 0.6) is 0 Å². The standard InChI is InChI=1S/C12H13F2N3S/c1-17-7-8(6-16-17)12(5-15)18-11-4-9(13)2-3-10(11)14/h2-4,6-7,12H,5,15H2,1H3. The van der Waals surface area contributed by atoms with Gasteiger partial charge in [0.25, 0.3) is 0 Å². The summed E-state index contributed by atoms with van der Waals surface area (Å²) in [4.78, 5) is 0.259. The van der Waals surface area contributed by atoms with Gasteiger partial charge in [0.2, 0.25) is 0 Å². The van der Waals surface area contributed by atoms with Gasteiger partial charge in [-0.15, -0.1) is 11.8 Å². The van der Waals surface area contributed by atoms with E-state index >= 15 is 0 Å². The second kappa shape index (κ2) is 5.49. The first-order valence-corrected chi connectivity index (χ1v) is 6.28. The van der Waals surface area contributed by atoms with Gasteiger partial charge in [0.05, 0.1) is 6.20 Å². The number of nitrogens with two attached hydrogens (primary N) is 1. The Kier molecular flexibility index (Phi) is 3.98. The molecule has 0 aliphatic heterocycles. The van der Waals surface area contributed by atoms with Crippen LogP contribution in [-0.4, -0.2) is 16.3 Å². The summed E-state index contributed by atoms with van der Waals surface area (Å²) in [6.07, 6.45) is 3.50. The van der Waals surface area contributed by atoms with Crippen molar-refractivity contribution >= 4 is 11.8 Å². The minimum atomic E-state index is -0.458. The lowest BCUT2D eigenvalue weighted by molar-refractivity contribution is 0.576. The molecular weight excluding hydrogens is 256 g/mol. The Morgan fingerprint density at radius 3 is 2.83 bits per heavy atom. The zero-order valence-corrected chi connectivity index (χ0v) is 10.6. The SMILES string of the molecule is Cn1cc(C(CN)Sc2cc(F)ccc2F)cn1. The van der Waals surface area contributed by atoms with Gasteiger partial charge in [-0.05, 0) is 18.2 Å². The molecule has 3 nitrogen and oxygen atoms in total. The number of aryl methyl sites for hydroxylation is 1. The molecule has 18 heavy (non-hydrogen) atoms. The number of benzene rings is 1. The molecule has 1 unspecified atom stereocenters. The van der Waals surface area contributed by atoms with E-state index in [0.29, 0.717) is 6.54 Å². The van der Waals surface area contributed by atoms with Crippen molar-refractivity contribution < 1.29 is 8.78 Å². The second-order valence-electron chi connectivity index (χ2n) is 3.86. The molecule has 1 aromatic heterocycles. The quantitative estimate of drug-likeness (QED) is 0.867. The van der Waals surface area contributed by atoms with E-state index in [-0.39, 0.29) is 10.1 Å². The molecule has 96 valence electrons. The normalized spacial score (nSPS) is 12.7. The van der Waals surface area contributed by atoms with Crippen LogP contribution in [0.25, 0.3) is 0 Å². The van der Waals surface area contributed by atoms with Crippen molar-refractivity contribution in [2.75, 3.05) is 6.54 Å². The molecule has 0 bridgehead atoms. The van der Waals surface area contributed by atoms with Crippen LogP contribution in [-0.2, 0) is 7.05 Å². The minimum Gasteiger partial charge on any atom is -0.329 e. The largest absolute Gasteiger partial charge is 0.329 e. The predicted molar refractivity (Wildman–Crippen MR) is 67.2 cm³/mol. The Hall–Kier alpha value is -1.40. The van der Waals surface area contributed by atoms with Crippen LogP contribution in [0.2, 0.25) is 0 Å². The molecule has 0 radical (unpaired) electrons. The monoisotopic (exact) mass is 269 g/mol. The van der Waals surface area contributed by atoms with E-state index in [1.807, 2.05) is 6.20 Å². The highest BCUT2D eigenvalue weighted by Gasteiger charge is 2.16. The zero-order chi connectivity index (χ0) is 13.1. The van der Waals surface area contributed by atoms with Gasteiger partial charge in [-0.2, -0.15) is 5.10 Å². The van der Waals surface area contributed by atoms with Crippen molar-refractivity contribution in [2.45, 2.75) is 10.1 Å². The van der Waals surface area contributed by atoms with E-state index < -0.39 is 11.6 Å². The van der Waals surface area contributed by atoms with Gasteiger partial charge in [-0.3, -0.25) is 4.68 Å². The molecule has 0 saturated heterocycles. The lowest BCUT2D eigenvalue weighted by atomic mass is 10.2. The average molecular weight is 269 g/mol. The summed E-state index contributed by atoms with van der Waals surface area (Å²) in [5.41, 5.74) is 6.57. The summed E-state index contributed by atoms with van der Waals surface area (Å²) in [6, 6.07) is 3.40. The molecule has 2 aromatic rings. The molecular formula is C12H13F2N3S. The molecule has 1 aromatic carbocycles. The first-order valence-electron chi connectivity index (χ1n) is 5.40. The van der Waals surface area contributed by atoms with Crippen LogP contribution < -0.4 is 5.73 Å². The molecule has 0 saturated carbocycles. The third-order valence-corrected chi connectivity index (χ3v) is 3.79. The first kappa shape index (κ1) is 13.0. The van der Waals surface area contributed by atoms with Crippen molar-refractivity contribution in [2.24, 2.45) is 12.8 Å². The van der Waals surface area contributed by atoms with Crippen LogP contribution >= 0.6 is 11.8 Å². The Labute approximate surface area is 108 Å². The Morgan fingerprint density at radius 1 is 1.44 bits per heavy atom. The summed E-state index contributed by atoms with van der Waals surface area (Å²) < 4.78 is 28.3. The molecule has 2 rings (SSSR count). The Morgan fingerprint density at radius 2 is 2.22 bits per heavy atom. The molecule has 0 fully saturated rings. The minimum absolute atomic E-state index is 0.144. The second-order valence-corrected chi connectivity index (χ2v) is 5.11. The molecule has 0 aliphatic carbocycles. The van der Waals surface area contributed by atoms with Gasteiger partial charge >= 0.3 is 0 Å². The number of nitrogens with zero attached hydrogens (tertiary/aromatic N) is 2. The first-order chi connectivity index (χ1) is 8.60. The number of halogens is 2. The van der Waals surface area contributed by atoms with Gasteiger partial charge in [0.1, 0.15) is 11.6 Å². The average Bonchev–Trinajstić information content (AvgIpc) is 2.77. The smallest absolute Gasteiger partial charge is 0.136 e. The van der Waals surface area contributed by atoms with E-state index in [1.165, 1.54) is 17.8 Å². The van der Waals surface area contributed by atoms with E-state index in [9.17, 15) is 8.78 Å². The van der Waals surface area contributed by atoms with Crippen LogP contribution in [0.4, 0.5) is 8.78 Å². The highest BCUT2D eigenvalue weighted by molar-refractivity contribution is 7.99. The third-order valence-electron chi connectivity index (χ3n) is 2.47. The molecule has 0 aliphatic rings. The number of rotatable bonds is 4. The molecule has 1 atom stereocenters. The summed E-state index contributed by atoms with van der Waals surface area (Å²) in [7, 11) is 1.80. The topological polar surface area (TPSA) is 43.8 Å². The van der Waals surface area contributed by atoms with Gasteiger partial charge < -0.3 is 5.73 Å². The number of thioether (sulfide) groups is 1. The highest BCUT2D eigenvalue weighted by Crippen LogP contribution is 2.35. The van der Waals surface area contributed by atoms with Crippen molar-refractivity contribution in [1.29, 1.82) is 0 Å². The summed E-state index contributed by atoms with van der Waals surface area (Å²) in [5, 5.41) is 3.90. The van der Waals surface area contributed by atoms with E-state index in [4.69, 9.17) is 5.73 Å². The fraction of sp³-hybridized carbons (Fsp3) is 0.250. The third kappa shape index (κ3) is 2.88. The van der Waals surface area contributed by atoms with E-state index in [0.717, 1.165) is 17.7 Å². The lowest BCUT2D eigenvalue weighted by Gasteiger charge is -2.13. The van der Waals surface area contributed by atoms with Gasteiger partial charge in [0.15, 0.2) is 0 Å². The van der Waals surface area contributed by atoms with Crippen LogP contribution in [0.1, 0.15) is 10.8 Å². The fourth-order valence-corrected chi connectivity index (χ4v) is 2.60. The summed E-state index contributed by atoms with van der Waals surface area (Å²) in [5.74, 6) is -0.899. The lowest BCUT2D eigenvalue weighted by Crippen LogP contribution is -2.09. The molecule has 0 amide bonds. The molecule has 6 heteroatoms. The zero-order valence-electron chi connectivity index (χ0n) is 9.81. The Balaban J connectivity index is 2.22. The van der Waals surface area contributed by atoms with Crippen LogP contribution in [0.15, 0.2) is 35.5 Å². The predicted octanol–water partition coefficient (Wildman–Crippen LogP) is 2.49. The Bertz CT molecular complexity index is 542. The van der Waals surface area contributed by atoms with Gasteiger partial charge in [-0.1, -0.05) is 0 Å². The maximum Gasteiger partial charge on any atom is 0.136 e. The molecule has 2 N–H and O–H groups in total. The molecule has 0 spiro atoms. The van der Waals surface area contributed by atoms with Gasteiger partial charge in [0, 0.05) is 35.5 Å². The van der Waals surface area contributed by atoms with Crippen molar-refractivity contribution in [3.63, 3.8) is 0 Å². The highest BCUT2D eigenvalue weighted by atomic mass is 32.2. The van der Waals surface area contributed by atoms with Crippen molar-refractivity contribution in [3.8, 4) is 0 Å². The van der Waals surface area contributed by atoms with Crippen molar-refractivity contribution in [1.82, 2.24) is 9.78 Å².